The molecular weight excluding hydrogens is 184 g/mol. The average Bonchev–Trinajstić information content (AvgIpc) is 2.65. The van der Waals surface area contributed by atoms with Gasteiger partial charge in [0, 0.05) is 19.6 Å². The van der Waals surface area contributed by atoms with Crippen LogP contribution in [0.4, 0.5) is 0 Å². The lowest BCUT2D eigenvalue weighted by atomic mass is 9.85. The number of hydrogen-bond acceptors (Lipinski definition) is 4. The molecule has 0 bridgehead atoms. The van der Waals surface area contributed by atoms with Crippen LogP contribution in [0, 0.1) is 5.92 Å². The Balaban J connectivity index is 2.40. The lowest BCUT2D eigenvalue weighted by Crippen LogP contribution is -2.44. The Morgan fingerprint density at radius 1 is 1.71 bits per heavy atom. The van der Waals surface area contributed by atoms with Gasteiger partial charge in [-0.25, -0.2) is 4.79 Å². The molecule has 0 radical (unpaired) electrons. The first-order chi connectivity index (χ1) is 6.66. The van der Waals surface area contributed by atoms with E-state index in [2.05, 4.69) is 6.58 Å². The summed E-state index contributed by atoms with van der Waals surface area (Å²) in [6.07, 6.45) is 1.29. The van der Waals surface area contributed by atoms with Crippen molar-refractivity contribution in [2.45, 2.75) is 24.5 Å². The van der Waals surface area contributed by atoms with Crippen molar-refractivity contribution < 1.29 is 19.4 Å². The van der Waals surface area contributed by atoms with Gasteiger partial charge in [-0.05, 0) is 12.8 Å². The average molecular weight is 198 g/mol. The molecule has 1 saturated heterocycles. The number of esters is 1. The van der Waals surface area contributed by atoms with Crippen LogP contribution < -0.4 is 0 Å². The summed E-state index contributed by atoms with van der Waals surface area (Å²) in [5.41, 5.74) is -0.423. The Bertz CT molecular complexity index is 286. The molecule has 4 nitrogen and oxygen atoms in total. The highest BCUT2D eigenvalue weighted by atomic mass is 16.6. The molecule has 0 amide bonds. The predicted octanol–water partition coefficient (Wildman–Crippen LogP) is 0.255. The topological polar surface area (TPSA) is 55.8 Å². The number of aliphatic hydroxyl groups is 1. The van der Waals surface area contributed by atoms with Crippen LogP contribution in [0.2, 0.25) is 0 Å². The molecule has 1 heterocycles. The van der Waals surface area contributed by atoms with Crippen LogP contribution in [-0.4, -0.2) is 36.5 Å². The minimum atomic E-state index is -0.772. The molecule has 4 heteroatoms. The largest absolute Gasteiger partial charge is 0.455 e. The van der Waals surface area contributed by atoms with Crippen molar-refractivity contribution >= 4 is 5.97 Å². The fourth-order valence-corrected chi connectivity index (χ4v) is 2.64. The highest BCUT2D eigenvalue weighted by Gasteiger charge is 2.61. The highest BCUT2D eigenvalue weighted by molar-refractivity contribution is 5.93. The van der Waals surface area contributed by atoms with Gasteiger partial charge in [-0.15, -0.1) is 0 Å². The summed E-state index contributed by atoms with van der Waals surface area (Å²) in [5.74, 6) is -0.466. The minimum Gasteiger partial charge on any atom is -0.455 e. The summed E-state index contributed by atoms with van der Waals surface area (Å²) in [6.45, 7) is 3.71. The van der Waals surface area contributed by atoms with E-state index in [1.54, 1.807) is 0 Å². The standard InChI is InChI=1S/C10H14O4/c1-6-9(12)14-8-4-3-7(5-11)10(6,8)13-2/h7-8,11H,1,3-5H2,2H3/t7-,8-,10-/m1/s1. The third kappa shape index (κ3) is 0.925. The molecule has 0 aromatic heterocycles. The van der Waals surface area contributed by atoms with Gasteiger partial charge < -0.3 is 14.6 Å². The first-order valence-electron chi connectivity index (χ1n) is 4.73. The van der Waals surface area contributed by atoms with Crippen LogP contribution in [0.1, 0.15) is 12.8 Å². The smallest absolute Gasteiger partial charge is 0.336 e. The summed E-state index contributed by atoms with van der Waals surface area (Å²) in [5, 5.41) is 9.23. The number of fused-ring (bicyclic) bond motifs is 1. The predicted molar refractivity (Wildman–Crippen MR) is 48.6 cm³/mol. The van der Waals surface area contributed by atoms with Crippen molar-refractivity contribution in [2.24, 2.45) is 5.92 Å². The maximum atomic E-state index is 11.3. The number of carbonyl (C=O) groups is 1. The Hall–Kier alpha value is -0.870. The van der Waals surface area contributed by atoms with Gasteiger partial charge in [0.2, 0.25) is 0 Å². The molecule has 2 rings (SSSR count). The maximum absolute atomic E-state index is 11.3. The van der Waals surface area contributed by atoms with Gasteiger partial charge in [0.15, 0.2) is 0 Å². The molecule has 1 saturated carbocycles. The fourth-order valence-electron chi connectivity index (χ4n) is 2.64. The zero-order chi connectivity index (χ0) is 10.3. The number of carbonyl (C=O) groups excluding carboxylic acids is 1. The molecule has 1 aliphatic heterocycles. The summed E-state index contributed by atoms with van der Waals surface area (Å²) in [6, 6.07) is 0. The van der Waals surface area contributed by atoms with E-state index in [0.29, 0.717) is 5.57 Å². The Morgan fingerprint density at radius 2 is 2.43 bits per heavy atom. The first kappa shape index (κ1) is 9.68. The van der Waals surface area contributed by atoms with Crippen LogP contribution in [0.5, 0.6) is 0 Å². The molecule has 1 N–H and O–H groups in total. The van der Waals surface area contributed by atoms with Gasteiger partial charge >= 0.3 is 5.97 Å². The van der Waals surface area contributed by atoms with Gasteiger partial charge in [-0.3, -0.25) is 0 Å². The van der Waals surface area contributed by atoms with E-state index >= 15 is 0 Å². The van der Waals surface area contributed by atoms with Crippen molar-refractivity contribution in [1.29, 1.82) is 0 Å². The first-order valence-corrected chi connectivity index (χ1v) is 4.73. The lowest BCUT2D eigenvalue weighted by Gasteiger charge is -2.31. The molecular formula is C10H14O4. The van der Waals surface area contributed by atoms with Gasteiger partial charge in [0.1, 0.15) is 11.7 Å². The van der Waals surface area contributed by atoms with E-state index in [0.717, 1.165) is 12.8 Å². The molecule has 2 fully saturated rings. The SMILES string of the molecule is C=C1C(=O)O[C@@H]2CC[C@H](CO)[C@]12OC. The van der Waals surface area contributed by atoms with Crippen molar-refractivity contribution in [2.75, 3.05) is 13.7 Å². The molecule has 78 valence electrons. The van der Waals surface area contributed by atoms with Crippen LogP contribution in [0.15, 0.2) is 12.2 Å². The number of ether oxygens (including phenoxy) is 2. The van der Waals surface area contributed by atoms with Gasteiger partial charge in [0.25, 0.3) is 0 Å². The van der Waals surface area contributed by atoms with Crippen LogP contribution in [0.25, 0.3) is 0 Å². The fraction of sp³-hybridized carbons (Fsp3) is 0.700. The Morgan fingerprint density at radius 3 is 3.00 bits per heavy atom. The second kappa shape index (κ2) is 3.07. The molecule has 2 aliphatic rings. The van der Waals surface area contributed by atoms with Crippen LogP contribution >= 0.6 is 0 Å². The lowest BCUT2D eigenvalue weighted by molar-refractivity contribution is -0.141. The van der Waals surface area contributed by atoms with E-state index in [1.165, 1.54) is 7.11 Å². The van der Waals surface area contributed by atoms with Crippen LogP contribution in [-0.2, 0) is 14.3 Å². The highest BCUT2D eigenvalue weighted by Crippen LogP contribution is 2.49. The normalized spacial score (nSPS) is 41.3. The van der Waals surface area contributed by atoms with Crippen molar-refractivity contribution in [3.8, 4) is 0 Å². The monoisotopic (exact) mass is 198 g/mol. The summed E-state index contributed by atoms with van der Waals surface area (Å²) in [4.78, 5) is 11.3. The second-order valence-corrected chi connectivity index (χ2v) is 3.83. The van der Waals surface area contributed by atoms with E-state index in [9.17, 15) is 9.90 Å². The van der Waals surface area contributed by atoms with E-state index in [1.807, 2.05) is 0 Å². The van der Waals surface area contributed by atoms with Gasteiger partial charge in [0.05, 0.1) is 5.57 Å². The second-order valence-electron chi connectivity index (χ2n) is 3.83. The number of aliphatic hydroxyl groups excluding tert-OH is 1. The van der Waals surface area contributed by atoms with Crippen molar-refractivity contribution in [1.82, 2.24) is 0 Å². The molecule has 3 atom stereocenters. The zero-order valence-electron chi connectivity index (χ0n) is 8.16. The summed E-state index contributed by atoms with van der Waals surface area (Å²) >= 11 is 0. The van der Waals surface area contributed by atoms with Crippen molar-refractivity contribution in [3.05, 3.63) is 12.2 Å². The van der Waals surface area contributed by atoms with Crippen molar-refractivity contribution in [3.63, 3.8) is 0 Å². The van der Waals surface area contributed by atoms with E-state index < -0.39 is 11.6 Å². The number of hydrogen-bond donors (Lipinski definition) is 1. The number of methoxy groups -OCH3 is 1. The van der Waals surface area contributed by atoms with Gasteiger partial charge in [-0.2, -0.15) is 0 Å². The van der Waals surface area contributed by atoms with Gasteiger partial charge in [-0.1, -0.05) is 6.58 Å². The maximum Gasteiger partial charge on any atom is 0.336 e. The molecule has 0 unspecified atom stereocenters. The Labute approximate surface area is 82.5 Å². The minimum absolute atomic E-state index is 0. The summed E-state index contributed by atoms with van der Waals surface area (Å²) < 4.78 is 10.6. The molecule has 0 aromatic rings. The molecule has 0 aromatic carbocycles. The molecule has 0 spiro atoms. The zero-order valence-corrected chi connectivity index (χ0v) is 8.16. The third-order valence-corrected chi connectivity index (χ3v) is 3.39. The molecule has 1 aliphatic carbocycles. The van der Waals surface area contributed by atoms with E-state index in [-0.39, 0.29) is 18.6 Å². The van der Waals surface area contributed by atoms with Crippen LogP contribution in [0.3, 0.4) is 0 Å². The Kier molecular flexibility index (Phi) is 2.12. The summed E-state index contributed by atoms with van der Waals surface area (Å²) in [7, 11) is 1.54. The molecule has 14 heavy (non-hydrogen) atoms. The number of rotatable bonds is 2. The third-order valence-electron chi connectivity index (χ3n) is 3.39. The quantitative estimate of drug-likeness (QED) is 0.510. The van der Waals surface area contributed by atoms with E-state index in [4.69, 9.17) is 9.47 Å².